The molecule has 3 heterocycles. The van der Waals surface area contributed by atoms with E-state index in [9.17, 15) is 4.79 Å². The summed E-state index contributed by atoms with van der Waals surface area (Å²) in [5.74, 6) is 0.489. The van der Waals surface area contributed by atoms with Crippen molar-refractivity contribution in [1.29, 1.82) is 0 Å². The number of rotatable bonds is 4. The summed E-state index contributed by atoms with van der Waals surface area (Å²) >= 11 is 0. The average Bonchev–Trinajstić information content (AvgIpc) is 2.54. The van der Waals surface area contributed by atoms with Crippen LogP contribution in [0, 0.1) is 5.92 Å². The Labute approximate surface area is 120 Å². The molecule has 2 unspecified atom stereocenters. The third-order valence-electron chi connectivity index (χ3n) is 4.61. The van der Waals surface area contributed by atoms with E-state index in [1.54, 1.807) is 0 Å². The van der Waals surface area contributed by atoms with Gasteiger partial charge in [-0.1, -0.05) is 30.3 Å². The molecular weight excluding hydrogens is 252 g/mol. The van der Waals surface area contributed by atoms with Crippen LogP contribution in [0.5, 0.6) is 0 Å². The highest BCUT2D eigenvalue weighted by Crippen LogP contribution is 2.29. The molecule has 0 radical (unpaired) electrons. The van der Waals surface area contributed by atoms with E-state index in [2.05, 4.69) is 10.2 Å². The third kappa shape index (κ3) is 2.72. The van der Waals surface area contributed by atoms with Crippen molar-refractivity contribution in [2.75, 3.05) is 26.7 Å². The first-order valence-electron chi connectivity index (χ1n) is 7.39. The molecule has 1 N–H and O–H groups in total. The molecule has 1 aromatic carbocycles. The summed E-state index contributed by atoms with van der Waals surface area (Å²) in [5, 5.41) is 3.54. The lowest BCUT2D eigenvalue weighted by Gasteiger charge is -2.46. The molecule has 20 heavy (non-hydrogen) atoms. The number of nitrogens with zero attached hydrogens (tertiary/aromatic N) is 1. The van der Waals surface area contributed by atoms with Gasteiger partial charge in [-0.25, -0.2) is 4.79 Å². The lowest BCUT2D eigenvalue weighted by Crippen LogP contribution is -2.57. The summed E-state index contributed by atoms with van der Waals surface area (Å²) in [7, 11) is 1.45. The van der Waals surface area contributed by atoms with Crippen LogP contribution in [0.15, 0.2) is 30.3 Å². The van der Waals surface area contributed by atoms with E-state index in [4.69, 9.17) is 4.74 Å². The number of nitrogens with one attached hydrogen (secondary N) is 1. The second-order valence-electron chi connectivity index (χ2n) is 5.78. The van der Waals surface area contributed by atoms with Crippen LogP contribution in [0.4, 0.5) is 0 Å². The monoisotopic (exact) mass is 274 g/mol. The molecule has 2 atom stereocenters. The van der Waals surface area contributed by atoms with Crippen molar-refractivity contribution in [3.05, 3.63) is 35.9 Å². The highest BCUT2D eigenvalue weighted by atomic mass is 16.5. The van der Waals surface area contributed by atoms with Crippen LogP contribution in [0.1, 0.15) is 24.4 Å². The number of carbonyl (C=O) groups excluding carboxylic acids is 1. The number of methoxy groups -OCH3 is 1. The Morgan fingerprint density at radius 2 is 2.00 bits per heavy atom. The first-order valence-corrected chi connectivity index (χ1v) is 7.39. The summed E-state index contributed by atoms with van der Waals surface area (Å²) < 4.78 is 4.97. The van der Waals surface area contributed by atoms with E-state index >= 15 is 0 Å². The molecule has 108 valence electrons. The SMILES string of the molecule is COC(=O)C(NC1CN2CCC1CC2)c1ccccc1. The first kappa shape index (κ1) is 13.6. The van der Waals surface area contributed by atoms with Crippen molar-refractivity contribution in [3.63, 3.8) is 0 Å². The molecule has 0 spiro atoms. The first-order chi connectivity index (χ1) is 9.78. The van der Waals surface area contributed by atoms with E-state index in [-0.39, 0.29) is 12.0 Å². The normalized spacial score (nSPS) is 29.9. The number of esters is 1. The molecule has 0 aromatic heterocycles. The van der Waals surface area contributed by atoms with Gasteiger partial charge < -0.3 is 9.64 Å². The van der Waals surface area contributed by atoms with Gasteiger partial charge in [0.05, 0.1) is 7.11 Å². The predicted molar refractivity (Wildman–Crippen MR) is 77.3 cm³/mol. The highest BCUT2D eigenvalue weighted by Gasteiger charge is 2.36. The molecule has 3 aliphatic rings. The summed E-state index contributed by atoms with van der Waals surface area (Å²) in [6.45, 7) is 3.46. The van der Waals surface area contributed by atoms with Crippen molar-refractivity contribution in [1.82, 2.24) is 10.2 Å². The zero-order valence-electron chi connectivity index (χ0n) is 11.9. The lowest BCUT2D eigenvalue weighted by molar-refractivity contribution is -0.144. The molecule has 0 aliphatic carbocycles. The number of carbonyl (C=O) groups is 1. The van der Waals surface area contributed by atoms with Crippen molar-refractivity contribution in [2.45, 2.75) is 24.9 Å². The van der Waals surface area contributed by atoms with E-state index in [0.717, 1.165) is 12.1 Å². The molecule has 3 fully saturated rings. The molecule has 4 heteroatoms. The van der Waals surface area contributed by atoms with Crippen molar-refractivity contribution in [2.24, 2.45) is 5.92 Å². The summed E-state index contributed by atoms with van der Waals surface area (Å²) in [6.07, 6.45) is 2.47. The van der Waals surface area contributed by atoms with E-state index in [1.165, 1.54) is 33.0 Å². The quantitative estimate of drug-likeness (QED) is 0.847. The Kier molecular flexibility index (Phi) is 4.03. The number of benzene rings is 1. The third-order valence-corrected chi connectivity index (χ3v) is 4.61. The van der Waals surface area contributed by atoms with Crippen LogP contribution in [0.2, 0.25) is 0 Å². The maximum atomic E-state index is 12.1. The number of hydrogen-bond acceptors (Lipinski definition) is 4. The molecule has 2 bridgehead atoms. The molecule has 0 amide bonds. The zero-order valence-corrected chi connectivity index (χ0v) is 11.9. The fourth-order valence-electron chi connectivity index (χ4n) is 3.43. The Bertz CT molecular complexity index is 455. The minimum Gasteiger partial charge on any atom is -0.468 e. The lowest BCUT2D eigenvalue weighted by atomic mass is 9.83. The molecule has 4 rings (SSSR count). The Morgan fingerprint density at radius 3 is 2.55 bits per heavy atom. The predicted octanol–water partition coefficient (Wildman–Crippen LogP) is 1.58. The van der Waals surface area contributed by atoms with Gasteiger partial charge in [0.2, 0.25) is 0 Å². The largest absolute Gasteiger partial charge is 0.468 e. The van der Waals surface area contributed by atoms with Crippen LogP contribution in [-0.2, 0) is 9.53 Å². The van der Waals surface area contributed by atoms with Gasteiger partial charge in [-0.15, -0.1) is 0 Å². The second-order valence-corrected chi connectivity index (χ2v) is 5.78. The minimum atomic E-state index is -0.355. The van der Waals surface area contributed by atoms with Crippen molar-refractivity contribution >= 4 is 5.97 Å². The van der Waals surface area contributed by atoms with Gasteiger partial charge in [0, 0.05) is 12.6 Å². The minimum absolute atomic E-state index is 0.201. The number of ether oxygens (including phenoxy) is 1. The van der Waals surface area contributed by atoms with Gasteiger partial charge in [0.15, 0.2) is 0 Å². The number of hydrogen-bond donors (Lipinski definition) is 1. The van der Waals surface area contributed by atoms with Gasteiger partial charge in [-0.3, -0.25) is 5.32 Å². The van der Waals surface area contributed by atoms with Crippen molar-refractivity contribution < 1.29 is 9.53 Å². The van der Waals surface area contributed by atoms with Gasteiger partial charge in [0.1, 0.15) is 6.04 Å². The molecule has 3 saturated heterocycles. The standard InChI is InChI=1S/C16H22N2O2/c1-20-16(19)15(13-5-3-2-4-6-13)17-14-11-18-9-7-12(14)8-10-18/h2-6,12,14-15,17H,7-11H2,1H3. The maximum absolute atomic E-state index is 12.1. The van der Waals surface area contributed by atoms with E-state index in [0.29, 0.717) is 12.0 Å². The molecule has 0 saturated carbocycles. The Morgan fingerprint density at radius 1 is 1.30 bits per heavy atom. The highest BCUT2D eigenvalue weighted by molar-refractivity contribution is 5.77. The van der Waals surface area contributed by atoms with Crippen LogP contribution >= 0.6 is 0 Å². The molecule has 4 nitrogen and oxygen atoms in total. The number of fused-ring (bicyclic) bond motifs is 3. The molecule has 3 aliphatic heterocycles. The van der Waals surface area contributed by atoms with Crippen molar-refractivity contribution in [3.8, 4) is 0 Å². The Hall–Kier alpha value is -1.39. The second kappa shape index (κ2) is 5.94. The van der Waals surface area contributed by atoms with Crippen LogP contribution < -0.4 is 5.32 Å². The van der Waals surface area contributed by atoms with Crippen LogP contribution in [0.25, 0.3) is 0 Å². The summed E-state index contributed by atoms with van der Waals surface area (Å²) in [4.78, 5) is 14.6. The summed E-state index contributed by atoms with van der Waals surface area (Å²) in [5.41, 5.74) is 0.982. The topological polar surface area (TPSA) is 41.6 Å². The van der Waals surface area contributed by atoms with Gasteiger partial charge in [-0.2, -0.15) is 0 Å². The average molecular weight is 274 g/mol. The van der Waals surface area contributed by atoms with Crippen LogP contribution in [-0.4, -0.2) is 43.7 Å². The van der Waals surface area contributed by atoms with Gasteiger partial charge in [0.25, 0.3) is 0 Å². The van der Waals surface area contributed by atoms with E-state index < -0.39 is 0 Å². The number of piperidine rings is 3. The van der Waals surface area contributed by atoms with E-state index in [1.807, 2.05) is 30.3 Å². The van der Waals surface area contributed by atoms with Gasteiger partial charge >= 0.3 is 5.97 Å². The fraction of sp³-hybridized carbons (Fsp3) is 0.562. The fourth-order valence-corrected chi connectivity index (χ4v) is 3.43. The summed E-state index contributed by atoms with van der Waals surface area (Å²) in [6, 6.07) is 9.89. The zero-order chi connectivity index (χ0) is 13.9. The molecular formula is C16H22N2O2. The molecule has 1 aromatic rings. The van der Waals surface area contributed by atoms with Crippen LogP contribution in [0.3, 0.4) is 0 Å². The maximum Gasteiger partial charge on any atom is 0.327 e. The smallest absolute Gasteiger partial charge is 0.327 e. The van der Waals surface area contributed by atoms with Gasteiger partial charge in [-0.05, 0) is 37.4 Å². The Balaban J connectivity index is 1.75.